The first kappa shape index (κ1) is 29.2. The summed E-state index contributed by atoms with van der Waals surface area (Å²) in [5.41, 5.74) is 6.08. The van der Waals surface area contributed by atoms with Crippen LogP contribution in [0.3, 0.4) is 0 Å². The van der Waals surface area contributed by atoms with Gasteiger partial charge in [-0.3, -0.25) is 29.4 Å². The van der Waals surface area contributed by atoms with Gasteiger partial charge in [-0.15, -0.1) is 0 Å². The van der Waals surface area contributed by atoms with Gasteiger partial charge >= 0.3 is 0 Å². The summed E-state index contributed by atoms with van der Waals surface area (Å²) in [7, 11) is 0. The number of amides is 4. The molecule has 2 aromatic rings. The number of piperazine rings is 1. The van der Waals surface area contributed by atoms with E-state index >= 15 is 0 Å². The minimum Gasteiger partial charge on any atom is -0.330 e. The van der Waals surface area contributed by atoms with Gasteiger partial charge in [0.2, 0.25) is 11.8 Å². The zero-order valence-electron chi connectivity index (χ0n) is 25.4. The molecule has 8 nitrogen and oxygen atoms in total. The molecular weight excluding hydrogens is 576 g/mol. The fraction of sp³-hybridized carbons (Fsp3) is 0.486. The molecule has 2 aromatic carbocycles. The molecule has 4 heterocycles. The minimum absolute atomic E-state index is 0.149. The first-order chi connectivity index (χ1) is 21.1. The van der Waals surface area contributed by atoms with Crippen LogP contribution in [-0.2, 0) is 27.5 Å². The molecule has 0 radical (unpaired) electrons. The van der Waals surface area contributed by atoms with Crippen molar-refractivity contribution < 1.29 is 19.2 Å². The van der Waals surface area contributed by atoms with Crippen LogP contribution in [0.15, 0.2) is 48.0 Å². The molecule has 2 bridgehead atoms. The number of hydrogen-bond donors (Lipinski definition) is 1. The lowest BCUT2D eigenvalue weighted by Gasteiger charge is -2.43. The number of rotatable bonds is 5. The molecule has 0 aromatic heterocycles. The molecule has 1 N–H and O–H groups in total. The Balaban J connectivity index is 1.05. The quantitative estimate of drug-likeness (QED) is 0.482. The van der Waals surface area contributed by atoms with Crippen molar-refractivity contribution in [2.45, 2.75) is 90.0 Å². The highest BCUT2D eigenvalue weighted by atomic mass is 35.5. The normalized spacial score (nSPS) is 26.7. The summed E-state index contributed by atoms with van der Waals surface area (Å²) in [5, 5.41) is 3.07. The van der Waals surface area contributed by atoms with E-state index in [9.17, 15) is 19.2 Å². The Labute approximate surface area is 263 Å². The van der Waals surface area contributed by atoms with Gasteiger partial charge in [-0.1, -0.05) is 49.7 Å². The van der Waals surface area contributed by atoms with Crippen molar-refractivity contribution in [3.63, 3.8) is 0 Å². The molecule has 5 aliphatic rings. The maximum atomic E-state index is 14.2. The van der Waals surface area contributed by atoms with Gasteiger partial charge in [-0.05, 0) is 84.4 Å². The summed E-state index contributed by atoms with van der Waals surface area (Å²) in [6, 6.07) is 13.7. The molecule has 3 unspecified atom stereocenters. The number of hydrogen-bond acceptors (Lipinski definition) is 5. The van der Waals surface area contributed by atoms with E-state index in [4.69, 9.17) is 11.6 Å². The fourth-order valence-corrected chi connectivity index (χ4v) is 8.17. The summed E-state index contributed by atoms with van der Waals surface area (Å²) < 4.78 is 0. The highest BCUT2D eigenvalue weighted by Gasteiger charge is 2.45. The largest absolute Gasteiger partial charge is 0.330 e. The van der Waals surface area contributed by atoms with Gasteiger partial charge in [0.05, 0.1) is 0 Å². The van der Waals surface area contributed by atoms with Gasteiger partial charge in [-0.25, -0.2) is 0 Å². The van der Waals surface area contributed by atoms with E-state index in [0.29, 0.717) is 23.6 Å². The molecule has 230 valence electrons. The van der Waals surface area contributed by atoms with Crippen LogP contribution < -0.4 is 5.32 Å². The zero-order chi connectivity index (χ0) is 30.7. The van der Waals surface area contributed by atoms with Gasteiger partial charge in [0.25, 0.3) is 11.8 Å². The fourth-order valence-electron chi connectivity index (χ4n) is 8.04. The van der Waals surface area contributed by atoms with Crippen molar-refractivity contribution in [1.29, 1.82) is 0 Å². The smallest absolute Gasteiger partial charge is 0.255 e. The predicted molar refractivity (Wildman–Crippen MR) is 167 cm³/mol. The number of benzene rings is 2. The lowest BCUT2D eigenvalue weighted by atomic mass is 9.72. The number of likely N-dealkylation sites (tertiary alicyclic amines) is 1. The van der Waals surface area contributed by atoms with E-state index < -0.39 is 11.9 Å². The molecule has 3 saturated heterocycles. The highest BCUT2D eigenvalue weighted by molar-refractivity contribution is 6.30. The molecule has 7 rings (SSSR count). The Morgan fingerprint density at radius 1 is 0.977 bits per heavy atom. The van der Waals surface area contributed by atoms with E-state index in [0.717, 1.165) is 74.0 Å². The molecule has 3 fully saturated rings. The van der Waals surface area contributed by atoms with Gasteiger partial charge in [0.1, 0.15) is 6.04 Å². The third kappa shape index (κ3) is 5.36. The molecular formula is C35H39ClN4O4. The molecule has 0 spiro atoms. The minimum atomic E-state index is -0.608. The van der Waals surface area contributed by atoms with Crippen LogP contribution in [-0.4, -0.2) is 69.5 Å². The van der Waals surface area contributed by atoms with Gasteiger partial charge in [0.15, 0.2) is 0 Å². The van der Waals surface area contributed by atoms with E-state index in [1.165, 1.54) is 5.57 Å². The second kappa shape index (κ2) is 11.1. The number of nitrogens with zero attached hydrogens (tertiary/aromatic N) is 3. The van der Waals surface area contributed by atoms with E-state index in [1.807, 2.05) is 36.4 Å². The SMILES string of the molecule is CC1(C)CCC(C(=O)N2C3CCC2CN(Cc2ccc4c(c2)CN(C2CCC(=O)NC2=O)C4=O)C3)=C(c2ccc(Cl)cc2)C1. The molecule has 1 aliphatic carbocycles. The van der Waals surface area contributed by atoms with E-state index in [1.54, 1.807) is 4.90 Å². The van der Waals surface area contributed by atoms with Crippen molar-refractivity contribution >= 4 is 40.8 Å². The van der Waals surface area contributed by atoms with Crippen LogP contribution in [0.5, 0.6) is 0 Å². The standard InChI is InChI=1S/C35H39ClN4O4/c1-35(2)14-13-28(29(16-35)22-4-6-24(36)7-5-22)34(44)40-25-8-9-26(40)20-38(19-25)17-21-3-10-27-23(15-21)18-39(33(27)43)30-11-12-31(41)37-32(30)42/h3-7,10,15,25-26,30H,8-9,11-14,16-20H2,1-2H3,(H,37,41,42). The average Bonchev–Trinajstić information content (AvgIpc) is 3.44. The summed E-state index contributed by atoms with van der Waals surface area (Å²) in [5.74, 6) is -0.611. The number of piperidine rings is 1. The van der Waals surface area contributed by atoms with E-state index in [-0.39, 0.29) is 41.6 Å². The van der Waals surface area contributed by atoms with Crippen LogP contribution in [0.4, 0.5) is 0 Å². The second-order valence-electron chi connectivity index (χ2n) is 14.0. The number of carbonyl (C=O) groups is 4. The maximum Gasteiger partial charge on any atom is 0.255 e. The van der Waals surface area contributed by atoms with Crippen LogP contribution in [0.1, 0.15) is 85.8 Å². The van der Waals surface area contributed by atoms with Crippen molar-refractivity contribution in [2.75, 3.05) is 13.1 Å². The Morgan fingerprint density at radius 3 is 2.41 bits per heavy atom. The number of allylic oxidation sites excluding steroid dienone is 1. The highest BCUT2D eigenvalue weighted by Crippen LogP contribution is 2.45. The third-order valence-electron chi connectivity index (χ3n) is 10.3. The Hall–Kier alpha value is -3.49. The number of carbonyl (C=O) groups excluding carboxylic acids is 4. The molecule has 44 heavy (non-hydrogen) atoms. The monoisotopic (exact) mass is 614 g/mol. The predicted octanol–water partition coefficient (Wildman–Crippen LogP) is 4.94. The van der Waals surface area contributed by atoms with Crippen molar-refractivity contribution in [3.05, 3.63) is 75.3 Å². The summed E-state index contributed by atoms with van der Waals surface area (Å²) in [6.45, 7) is 7.36. The number of halogens is 1. The number of fused-ring (bicyclic) bond motifs is 3. The molecule has 4 amide bonds. The second-order valence-corrected chi connectivity index (χ2v) is 14.4. The summed E-state index contributed by atoms with van der Waals surface area (Å²) >= 11 is 6.19. The molecule has 9 heteroatoms. The van der Waals surface area contributed by atoms with Gasteiger partial charge in [0, 0.05) is 60.8 Å². The topological polar surface area (TPSA) is 90.0 Å². The number of nitrogens with one attached hydrogen (secondary N) is 1. The molecule has 0 saturated carbocycles. The van der Waals surface area contributed by atoms with Crippen LogP contribution in [0.2, 0.25) is 5.02 Å². The number of imide groups is 1. The zero-order valence-corrected chi connectivity index (χ0v) is 26.2. The van der Waals surface area contributed by atoms with Crippen molar-refractivity contribution in [1.82, 2.24) is 20.0 Å². The first-order valence-corrected chi connectivity index (χ1v) is 16.2. The summed E-state index contributed by atoms with van der Waals surface area (Å²) in [6.07, 6.45) is 5.32. The summed E-state index contributed by atoms with van der Waals surface area (Å²) in [4.78, 5) is 57.6. The lowest BCUT2D eigenvalue weighted by Crippen LogP contribution is -2.56. The Bertz CT molecular complexity index is 1570. The van der Waals surface area contributed by atoms with Crippen molar-refractivity contribution in [2.24, 2.45) is 5.41 Å². The van der Waals surface area contributed by atoms with E-state index in [2.05, 4.69) is 35.0 Å². The Morgan fingerprint density at radius 2 is 1.70 bits per heavy atom. The van der Waals surface area contributed by atoms with Crippen molar-refractivity contribution in [3.8, 4) is 0 Å². The average molecular weight is 615 g/mol. The van der Waals surface area contributed by atoms with Crippen LogP contribution >= 0.6 is 11.6 Å². The molecule has 4 aliphatic heterocycles. The maximum absolute atomic E-state index is 14.2. The van der Waals surface area contributed by atoms with Crippen LogP contribution in [0.25, 0.3) is 5.57 Å². The first-order valence-electron chi connectivity index (χ1n) is 15.9. The van der Waals surface area contributed by atoms with Crippen LogP contribution in [0, 0.1) is 5.41 Å². The van der Waals surface area contributed by atoms with Gasteiger partial charge < -0.3 is 9.80 Å². The van der Waals surface area contributed by atoms with Gasteiger partial charge in [-0.2, -0.15) is 0 Å². The Kier molecular flexibility index (Phi) is 7.40. The lowest BCUT2D eigenvalue weighted by molar-refractivity contribution is -0.137. The third-order valence-corrected chi connectivity index (χ3v) is 10.6. The molecule has 3 atom stereocenters.